The van der Waals surface area contributed by atoms with Crippen LogP contribution in [-0.4, -0.2) is 72.9 Å². The third-order valence-electron chi connectivity index (χ3n) is 16.2. The molecule has 2 heterocycles. The molecule has 248 valence electrons. The standard InChI is InChI=1S/C37H60N2O5/c1-22-18-24(11-15-38)43-31-30(22)34(4)13-14-37-21-36(37)12-10-27(33(2,3)25(36)8-9-26(37)35(34,5)32(31)41)44-29-20-39(16-17-42-29)28(40)19-23-6-7-23/h22-27,29-32,41H,6-21,38H2,1-5H3. The Bertz CT molecular complexity index is 1160. The van der Waals surface area contributed by atoms with Gasteiger partial charge in [-0.05, 0) is 128 Å². The SMILES string of the molecule is CC1CC(CCN)OC2C1C1(C)CCC34CC35CCC(OC3CN(C(=O)CC6CC6)CCO3)C(C)(C)C5CCC4C1(C)C2O. The summed E-state index contributed by atoms with van der Waals surface area (Å²) in [5.74, 6) is 3.05. The van der Waals surface area contributed by atoms with Gasteiger partial charge in [0.15, 0.2) is 6.29 Å². The average Bonchev–Trinajstić information content (AvgIpc) is 3.90. The largest absolute Gasteiger partial charge is 0.390 e. The van der Waals surface area contributed by atoms with Gasteiger partial charge in [0.05, 0.1) is 37.6 Å². The molecule has 8 rings (SSSR count). The number of carbonyl (C=O) groups excluding carboxylic acids is 1. The topological polar surface area (TPSA) is 94.3 Å². The maximum atomic E-state index is 12.9. The number of rotatable bonds is 6. The normalized spacial score (nSPS) is 54.0. The zero-order valence-corrected chi connectivity index (χ0v) is 28.2. The van der Waals surface area contributed by atoms with E-state index in [0.29, 0.717) is 73.1 Å². The highest BCUT2D eigenvalue weighted by molar-refractivity contribution is 5.76. The Hall–Kier alpha value is -0.730. The Morgan fingerprint density at radius 2 is 1.77 bits per heavy atom. The number of nitrogens with two attached hydrogens (primary N) is 1. The lowest BCUT2D eigenvalue weighted by Gasteiger charge is -2.64. The van der Waals surface area contributed by atoms with Crippen LogP contribution in [0.2, 0.25) is 0 Å². The van der Waals surface area contributed by atoms with E-state index in [-0.39, 0.29) is 46.8 Å². The molecule has 44 heavy (non-hydrogen) atoms. The third-order valence-corrected chi connectivity index (χ3v) is 16.2. The molecule has 0 radical (unpaired) electrons. The maximum Gasteiger partial charge on any atom is 0.223 e. The molecule has 7 heteroatoms. The van der Waals surface area contributed by atoms with Crippen molar-refractivity contribution < 1.29 is 24.1 Å². The van der Waals surface area contributed by atoms with Crippen LogP contribution in [0.15, 0.2) is 0 Å². The maximum absolute atomic E-state index is 12.9. The minimum Gasteiger partial charge on any atom is -0.390 e. The monoisotopic (exact) mass is 612 g/mol. The van der Waals surface area contributed by atoms with Crippen molar-refractivity contribution in [1.29, 1.82) is 0 Å². The first kappa shape index (κ1) is 30.6. The lowest BCUT2D eigenvalue weighted by Crippen LogP contribution is -2.60. The van der Waals surface area contributed by atoms with Crippen molar-refractivity contribution in [3.63, 3.8) is 0 Å². The van der Waals surface area contributed by atoms with Crippen LogP contribution in [0.1, 0.15) is 112 Å². The minimum absolute atomic E-state index is 0.0490. The van der Waals surface area contributed by atoms with Gasteiger partial charge in [-0.25, -0.2) is 0 Å². The number of fused-ring (bicyclic) bond motifs is 4. The molecular formula is C37H60N2O5. The number of carbonyl (C=O) groups is 1. The number of aliphatic hydroxyl groups is 1. The van der Waals surface area contributed by atoms with E-state index in [0.717, 1.165) is 19.3 Å². The molecule has 0 aromatic heterocycles. The number of aliphatic hydroxyl groups excluding tert-OH is 1. The van der Waals surface area contributed by atoms with Crippen molar-refractivity contribution in [3.8, 4) is 0 Å². The van der Waals surface area contributed by atoms with E-state index < -0.39 is 6.10 Å². The smallest absolute Gasteiger partial charge is 0.223 e. The molecule has 0 aromatic rings. The molecule has 2 saturated heterocycles. The lowest BCUT2D eigenvalue weighted by molar-refractivity contribution is -0.248. The second-order valence-electron chi connectivity index (χ2n) is 18.1. The van der Waals surface area contributed by atoms with Crippen molar-refractivity contribution in [3.05, 3.63) is 0 Å². The van der Waals surface area contributed by atoms with E-state index in [2.05, 4.69) is 34.6 Å². The highest BCUT2D eigenvalue weighted by Crippen LogP contribution is 2.89. The van der Waals surface area contributed by atoms with Gasteiger partial charge in [-0.2, -0.15) is 0 Å². The predicted octanol–water partition coefficient (Wildman–Crippen LogP) is 5.52. The van der Waals surface area contributed by atoms with Crippen molar-refractivity contribution in [2.45, 2.75) is 142 Å². The summed E-state index contributed by atoms with van der Waals surface area (Å²) in [5.41, 5.74) is 6.70. The molecular weight excluding hydrogens is 552 g/mol. The van der Waals surface area contributed by atoms with Crippen molar-refractivity contribution in [2.24, 2.45) is 62.4 Å². The number of morpholine rings is 1. The van der Waals surface area contributed by atoms with Gasteiger partial charge in [0.2, 0.25) is 5.91 Å². The molecule has 1 amide bonds. The van der Waals surface area contributed by atoms with Gasteiger partial charge in [0, 0.05) is 18.4 Å². The number of hydrogen-bond acceptors (Lipinski definition) is 6. The zero-order chi connectivity index (χ0) is 30.9. The average molecular weight is 613 g/mol. The molecule has 0 bridgehead atoms. The quantitative estimate of drug-likeness (QED) is 0.411. The van der Waals surface area contributed by atoms with E-state index >= 15 is 0 Å². The first-order valence-corrected chi connectivity index (χ1v) is 18.5. The second-order valence-corrected chi connectivity index (χ2v) is 18.1. The Labute approximate surface area is 265 Å². The highest BCUT2D eigenvalue weighted by Gasteiger charge is 2.84. The second kappa shape index (κ2) is 10.1. The molecule has 8 aliphatic rings. The van der Waals surface area contributed by atoms with Crippen LogP contribution < -0.4 is 5.73 Å². The Kier molecular flexibility index (Phi) is 7.05. The van der Waals surface area contributed by atoms with Gasteiger partial charge in [0.25, 0.3) is 0 Å². The first-order chi connectivity index (χ1) is 20.9. The minimum atomic E-state index is -0.404. The van der Waals surface area contributed by atoms with Crippen LogP contribution in [0, 0.1) is 56.7 Å². The van der Waals surface area contributed by atoms with Crippen LogP contribution in [0.5, 0.6) is 0 Å². The van der Waals surface area contributed by atoms with E-state index in [1.54, 1.807) is 0 Å². The van der Waals surface area contributed by atoms with Crippen LogP contribution in [0.3, 0.4) is 0 Å². The van der Waals surface area contributed by atoms with Gasteiger partial charge in [0.1, 0.15) is 0 Å². The summed E-state index contributed by atoms with van der Waals surface area (Å²) >= 11 is 0. The van der Waals surface area contributed by atoms with Crippen molar-refractivity contribution in [2.75, 3.05) is 26.2 Å². The first-order valence-electron chi connectivity index (χ1n) is 18.5. The Balaban J connectivity index is 1.01. The highest BCUT2D eigenvalue weighted by atomic mass is 16.7. The lowest BCUT2D eigenvalue weighted by atomic mass is 9.41. The summed E-state index contributed by atoms with van der Waals surface area (Å²) in [6.45, 7) is 14.9. The Morgan fingerprint density at radius 1 is 1.02 bits per heavy atom. The fraction of sp³-hybridized carbons (Fsp3) is 0.973. The number of amides is 1. The summed E-state index contributed by atoms with van der Waals surface area (Å²) in [4.78, 5) is 14.9. The van der Waals surface area contributed by atoms with Crippen molar-refractivity contribution >= 4 is 5.91 Å². The number of ether oxygens (including phenoxy) is 3. The van der Waals surface area contributed by atoms with E-state index in [4.69, 9.17) is 19.9 Å². The molecule has 8 fully saturated rings. The molecule has 6 aliphatic carbocycles. The summed E-state index contributed by atoms with van der Waals surface area (Å²) in [5, 5.41) is 12.3. The molecule has 13 atom stereocenters. The Morgan fingerprint density at radius 3 is 2.52 bits per heavy atom. The predicted molar refractivity (Wildman–Crippen MR) is 168 cm³/mol. The van der Waals surface area contributed by atoms with E-state index in [1.165, 1.54) is 51.4 Å². The zero-order valence-electron chi connectivity index (χ0n) is 28.2. The van der Waals surface area contributed by atoms with Gasteiger partial charge in [-0.1, -0.05) is 34.6 Å². The summed E-state index contributed by atoms with van der Waals surface area (Å²) in [6, 6.07) is 0. The van der Waals surface area contributed by atoms with Gasteiger partial charge in [-0.15, -0.1) is 0 Å². The fourth-order valence-electron chi connectivity index (χ4n) is 13.8. The van der Waals surface area contributed by atoms with Crippen LogP contribution >= 0.6 is 0 Å². The third kappa shape index (κ3) is 4.00. The summed E-state index contributed by atoms with van der Waals surface area (Å²) < 4.78 is 19.7. The van der Waals surface area contributed by atoms with Crippen molar-refractivity contribution in [1.82, 2.24) is 4.90 Å². The summed E-state index contributed by atoms with van der Waals surface area (Å²) in [7, 11) is 0. The molecule has 13 unspecified atom stereocenters. The molecule has 3 N–H and O–H groups in total. The van der Waals surface area contributed by atoms with E-state index in [9.17, 15) is 9.90 Å². The number of hydrogen-bond donors (Lipinski definition) is 2. The van der Waals surface area contributed by atoms with Gasteiger partial charge >= 0.3 is 0 Å². The molecule has 2 aliphatic heterocycles. The van der Waals surface area contributed by atoms with Gasteiger partial charge in [-0.3, -0.25) is 4.79 Å². The summed E-state index contributed by atoms with van der Waals surface area (Å²) in [6.07, 6.45) is 13.2. The van der Waals surface area contributed by atoms with Crippen LogP contribution in [0.4, 0.5) is 0 Å². The molecule has 7 nitrogen and oxygen atoms in total. The molecule has 2 spiro atoms. The number of nitrogens with zero attached hydrogens (tertiary/aromatic N) is 1. The molecule has 6 saturated carbocycles. The fourth-order valence-corrected chi connectivity index (χ4v) is 13.8. The van der Waals surface area contributed by atoms with Crippen LogP contribution in [-0.2, 0) is 19.0 Å². The molecule has 0 aromatic carbocycles. The van der Waals surface area contributed by atoms with E-state index in [1.807, 2.05) is 4.90 Å². The van der Waals surface area contributed by atoms with Gasteiger partial charge < -0.3 is 30.0 Å². The van der Waals surface area contributed by atoms with Crippen LogP contribution in [0.25, 0.3) is 0 Å².